The minimum atomic E-state index is -0.455. The molecule has 0 spiro atoms. The molecule has 0 bridgehead atoms. The molecule has 4 aromatic rings. The van der Waals surface area contributed by atoms with Crippen LogP contribution < -0.4 is 20.5 Å². The summed E-state index contributed by atoms with van der Waals surface area (Å²) in [5.74, 6) is 2.33. The third kappa shape index (κ3) is 13.3. The second kappa shape index (κ2) is 24.5. The van der Waals surface area contributed by atoms with Gasteiger partial charge in [0, 0.05) is 68.0 Å². The van der Waals surface area contributed by atoms with Crippen molar-refractivity contribution < 1.29 is 9.59 Å². The van der Waals surface area contributed by atoms with E-state index in [-0.39, 0.29) is 11.8 Å². The van der Waals surface area contributed by atoms with Crippen LogP contribution in [0.4, 0.5) is 17.1 Å². The van der Waals surface area contributed by atoms with Crippen LogP contribution in [-0.2, 0) is 16.1 Å². The van der Waals surface area contributed by atoms with E-state index in [9.17, 15) is 9.59 Å². The number of anilines is 2. The molecule has 1 saturated carbocycles. The number of hydrogen-bond acceptors (Lipinski definition) is 8. The largest absolute Gasteiger partial charge is 0.369 e. The minimum Gasteiger partial charge on any atom is -0.369 e. The molecule has 2 N–H and O–H groups in total. The standard InChI is InChI=1S/C49H54N8O2.C5H10.2C2H6/c1-9-44(32(2)3)57-36(8)34(6)28-47(53-57)51-41-12-10-11-40(29-41)43-19-13-37(30-50-43)31-54-23-25-55(26-24-54)42-17-14-38(15-18-42)39-16-20-45(35(7)27-39)56(33(4)5)46-21-22-48(58)52-49(46)59;1-4-3-5(4)2;2*1-2/h9-20,27-30,46H,2,4,8,21-26,31H2,1,3,5-7H3,(H,51,53)(H,52,58,59);4-5H,3H2,1-2H3;2*1-2H3/b44-9-;;;/t;4-,5+;;. The number of amidine groups is 1. The number of amides is 2. The first-order chi connectivity index (χ1) is 32.7. The Kier molecular flexibility index (Phi) is 18.9. The number of carbonyl (C=O) groups is 2. The summed E-state index contributed by atoms with van der Waals surface area (Å²) in [6.07, 6.45) is 8.28. The first-order valence-electron chi connectivity index (χ1n) is 24.6. The Hall–Kier alpha value is -6.52. The van der Waals surface area contributed by atoms with E-state index in [2.05, 4.69) is 128 Å². The second-order valence-electron chi connectivity index (χ2n) is 17.8. The van der Waals surface area contributed by atoms with Crippen molar-refractivity contribution in [2.45, 2.75) is 108 Å². The van der Waals surface area contributed by atoms with Crippen LogP contribution in [-0.4, -0.2) is 64.8 Å². The molecule has 10 heteroatoms. The number of aryl methyl sites for hydroxylation is 1. The zero-order valence-corrected chi connectivity index (χ0v) is 42.7. The van der Waals surface area contributed by atoms with Crippen molar-refractivity contribution in [3.8, 4) is 22.4 Å². The van der Waals surface area contributed by atoms with E-state index < -0.39 is 6.04 Å². The highest BCUT2D eigenvalue weighted by Gasteiger charge is 2.33. The van der Waals surface area contributed by atoms with Crippen molar-refractivity contribution in [2.24, 2.45) is 16.8 Å². The van der Waals surface area contributed by atoms with E-state index >= 15 is 0 Å². The number of pyridine rings is 1. The van der Waals surface area contributed by atoms with Crippen LogP contribution in [0.5, 0.6) is 0 Å². The molecule has 2 saturated heterocycles. The van der Waals surface area contributed by atoms with Crippen molar-refractivity contribution in [2.75, 3.05) is 36.0 Å². The quantitative estimate of drug-likeness (QED) is 0.113. The predicted octanol–water partition coefficient (Wildman–Crippen LogP) is 12.7. The smallest absolute Gasteiger partial charge is 0.249 e. The van der Waals surface area contributed by atoms with Crippen molar-refractivity contribution in [1.82, 2.24) is 25.6 Å². The van der Waals surface area contributed by atoms with E-state index in [1.807, 2.05) is 95.8 Å². The molecule has 10 nitrogen and oxygen atoms in total. The lowest BCUT2D eigenvalue weighted by molar-refractivity contribution is -0.134. The number of allylic oxidation sites excluding steroid dienone is 4. The van der Waals surface area contributed by atoms with Crippen LogP contribution >= 0.6 is 0 Å². The third-order valence-electron chi connectivity index (χ3n) is 12.7. The summed E-state index contributed by atoms with van der Waals surface area (Å²) < 4.78 is 0. The highest BCUT2D eigenvalue weighted by atomic mass is 16.2. The molecule has 360 valence electrons. The summed E-state index contributed by atoms with van der Waals surface area (Å²) in [5, 5.41) is 4.42. The molecule has 3 atom stereocenters. The highest BCUT2D eigenvalue weighted by molar-refractivity contribution is 6.02. The zero-order valence-electron chi connectivity index (χ0n) is 42.7. The molecule has 1 unspecified atom stereocenters. The van der Waals surface area contributed by atoms with Gasteiger partial charge in [-0.3, -0.25) is 35.2 Å². The van der Waals surface area contributed by atoms with Gasteiger partial charge >= 0.3 is 0 Å². The molecule has 0 radical (unpaired) electrons. The molecule has 68 heavy (non-hydrogen) atoms. The Morgan fingerprint density at radius 3 is 2.09 bits per heavy atom. The average molecular weight is 917 g/mol. The molecular weight excluding hydrogens is 841 g/mol. The molecular formula is C58H76N8O2. The Balaban J connectivity index is 0.000000880. The number of rotatable bonds is 11. The number of piperidine rings is 1. The van der Waals surface area contributed by atoms with Gasteiger partial charge < -0.3 is 9.80 Å². The Morgan fingerprint density at radius 2 is 1.53 bits per heavy atom. The fourth-order valence-electron chi connectivity index (χ4n) is 8.54. The average Bonchev–Trinajstić information content (AvgIpc) is 4.01. The normalized spacial score (nSPS) is 19.7. The van der Waals surface area contributed by atoms with Crippen molar-refractivity contribution >= 4 is 34.7 Å². The van der Waals surface area contributed by atoms with Gasteiger partial charge in [0.05, 0.1) is 22.8 Å². The van der Waals surface area contributed by atoms with Crippen LogP contribution in [0.2, 0.25) is 0 Å². The Morgan fingerprint density at radius 1 is 0.868 bits per heavy atom. The predicted molar refractivity (Wildman–Crippen MR) is 286 cm³/mol. The van der Waals surface area contributed by atoms with Gasteiger partial charge in [0.2, 0.25) is 11.8 Å². The molecule has 3 fully saturated rings. The van der Waals surface area contributed by atoms with Crippen LogP contribution in [0, 0.1) is 18.8 Å². The second-order valence-corrected chi connectivity index (χ2v) is 17.8. The van der Waals surface area contributed by atoms with Crippen LogP contribution in [0.1, 0.15) is 99.6 Å². The molecule has 1 aliphatic carbocycles. The van der Waals surface area contributed by atoms with Gasteiger partial charge in [-0.1, -0.05) is 104 Å². The molecule has 8 rings (SSSR count). The number of nitrogens with zero attached hydrogens (tertiary/aromatic N) is 6. The van der Waals surface area contributed by atoms with Gasteiger partial charge in [0.25, 0.3) is 0 Å². The summed E-state index contributed by atoms with van der Waals surface area (Å²) in [4.78, 5) is 41.1. The summed E-state index contributed by atoms with van der Waals surface area (Å²) >= 11 is 0. The van der Waals surface area contributed by atoms with Crippen molar-refractivity contribution in [3.05, 3.63) is 156 Å². The van der Waals surface area contributed by atoms with E-state index in [1.54, 1.807) is 0 Å². The molecule has 3 aliphatic heterocycles. The van der Waals surface area contributed by atoms with Crippen LogP contribution in [0.25, 0.3) is 22.4 Å². The minimum absolute atomic E-state index is 0.222. The number of aromatic nitrogens is 1. The first-order valence-corrected chi connectivity index (χ1v) is 24.6. The van der Waals surface area contributed by atoms with Crippen LogP contribution in [0.3, 0.4) is 0 Å². The molecule has 1 aromatic heterocycles. The van der Waals surface area contributed by atoms with Gasteiger partial charge in [0.1, 0.15) is 11.9 Å². The zero-order chi connectivity index (χ0) is 49.7. The maximum atomic E-state index is 12.7. The number of nitrogens with one attached hydrogen (secondary N) is 2. The summed E-state index contributed by atoms with van der Waals surface area (Å²) in [7, 11) is 0. The fraction of sp³-hybridized carbons (Fsp3) is 0.379. The number of piperazine rings is 1. The first kappa shape index (κ1) is 52.4. The molecule has 3 aromatic carbocycles. The highest BCUT2D eigenvalue weighted by Crippen LogP contribution is 2.36. The maximum absolute atomic E-state index is 12.7. The van der Waals surface area contributed by atoms with Gasteiger partial charge in [-0.25, -0.2) is 4.99 Å². The topological polar surface area (TPSA) is 96.4 Å². The fourth-order valence-corrected chi connectivity index (χ4v) is 8.54. The van der Waals surface area contributed by atoms with E-state index in [1.165, 1.54) is 17.7 Å². The number of benzene rings is 3. The SMILES string of the molecule is C=C(C)/C(=C/C)N1NC(=Nc2cccc(-c3ccc(CN4CCN(c5ccc(-c6ccc(N(C(=C)C)C7CCC(=O)NC7=O)c(C)c6)cc5)CC4)cn3)c2)C=C(C)C1=C.CC.CC.C[C@@H]1C[C@@H]1C. The number of hydrogen-bond donors (Lipinski definition) is 2. The van der Waals surface area contributed by atoms with Crippen LogP contribution in [0.15, 0.2) is 150 Å². The number of carbonyl (C=O) groups excluding carboxylic acids is 2. The summed E-state index contributed by atoms with van der Waals surface area (Å²) in [6, 6.07) is 27.1. The number of aliphatic imine (C=N–C) groups is 1. The van der Waals surface area contributed by atoms with Crippen molar-refractivity contribution in [1.29, 1.82) is 0 Å². The lowest BCUT2D eigenvalue weighted by Gasteiger charge is -2.36. The molecule has 4 heterocycles. The number of imide groups is 1. The van der Waals surface area contributed by atoms with Gasteiger partial charge in [-0.15, -0.1) is 0 Å². The Bertz CT molecular complexity index is 2500. The van der Waals surface area contributed by atoms with Gasteiger partial charge in [0.15, 0.2) is 0 Å². The monoisotopic (exact) mass is 917 g/mol. The van der Waals surface area contributed by atoms with Gasteiger partial charge in [-0.2, -0.15) is 0 Å². The van der Waals surface area contributed by atoms with E-state index in [0.29, 0.717) is 12.8 Å². The maximum Gasteiger partial charge on any atom is 0.249 e. The molecule has 4 aliphatic rings. The number of hydrazine groups is 1. The lowest BCUT2D eigenvalue weighted by atomic mass is 9.98. The lowest BCUT2D eigenvalue weighted by Crippen LogP contribution is -2.52. The summed E-state index contributed by atoms with van der Waals surface area (Å²) in [6.45, 7) is 39.8. The van der Waals surface area contributed by atoms with Crippen molar-refractivity contribution in [3.63, 3.8) is 0 Å². The third-order valence-corrected chi connectivity index (χ3v) is 12.7. The molecule has 2 amide bonds. The van der Waals surface area contributed by atoms with E-state index in [4.69, 9.17) is 9.98 Å². The van der Waals surface area contributed by atoms with Gasteiger partial charge in [-0.05, 0) is 141 Å². The summed E-state index contributed by atoms with van der Waals surface area (Å²) in [5.41, 5.74) is 17.3. The Labute approximate surface area is 407 Å². The van der Waals surface area contributed by atoms with E-state index in [0.717, 1.165) is 118 Å².